The van der Waals surface area contributed by atoms with Crippen LogP contribution >= 0.6 is 11.8 Å². The molecule has 5 heteroatoms. The van der Waals surface area contributed by atoms with Crippen LogP contribution in [0.2, 0.25) is 0 Å². The standard InChI is InChI=1S/C13H19N3OS/c1-9-13(10(2)16(3)15-9)14-7-11-5-6-12(17-11)8-18-4/h5-6,14H,7-8H2,1-4H3. The van der Waals surface area contributed by atoms with Crippen LogP contribution < -0.4 is 5.32 Å². The van der Waals surface area contributed by atoms with Gasteiger partial charge in [0.15, 0.2) is 0 Å². The second kappa shape index (κ2) is 5.52. The lowest BCUT2D eigenvalue weighted by atomic mass is 10.3. The van der Waals surface area contributed by atoms with Gasteiger partial charge in [0.2, 0.25) is 0 Å². The Kier molecular flexibility index (Phi) is 4.01. The Morgan fingerprint density at radius 3 is 2.67 bits per heavy atom. The topological polar surface area (TPSA) is 43.0 Å². The maximum absolute atomic E-state index is 5.72. The lowest BCUT2D eigenvalue weighted by Crippen LogP contribution is -2.00. The predicted octanol–water partition coefficient (Wildman–Crippen LogP) is 3.11. The Morgan fingerprint density at radius 2 is 2.06 bits per heavy atom. The van der Waals surface area contributed by atoms with Crippen LogP contribution in [0.15, 0.2) is 16.5 Å². The fourth-order valence-corrected chi connectivity index (χ4v) is 2.38. The average Bonchev–Trinajstić information content (AvgIpc) is 2.85. The van der Waals surface area contributed by atoms with Gasteiger partial charge in [0.1, 0.15) is 11.5 Å². The molecule has 2 aromatic rings. The fraction of sp³-hybridized carbons (Fsp3) is 0.462. The van der Waals surface area contributed by atoms with Crippen LogP contribution in [-0.4, -0.2) is 16.0 Å². The second-order valence-electron chi connectivity index (χ2n) is 4.32. The van der Waals surface area contributed by atoms with Crippen LogP contribution in [-0.2, 0) is 19.3 Å². The van der Waals surface area contributed by atoms with Crippen LogP contribution in [0, 0.1) is 13.8 Å². The molecule has 0 fully saturated rings. The smallest absolute Gasteiger partial charge is 0.123 e. The summed E-state index contributed by atoms with van der Waals surface area (Å²) in [5.74, 6) is 2.91. The molecule has 0 aliphatic carbocycles. The molecular weight excluding hydrogens is 246 g/mol. The number of aryl methyl sites for hydroxylation is 2. The molecule has 18 heavy (non-hydrogen) atoms. The van der Waals surface area contributed by atoms with Crippen molar-refractivity contribution in [3.63, 3.8) is 0 Å². The van der Waals surface area contributed by atoms with E-state index in [0.717, 1.165) is 34.3 Å². The number of hydrogen-bond donors (Lipinski definition) is 1. The number of nitrogens with one attached hydrogen (secondary N) is 1. The van der Waals surface area contributed by atoms with Gasteiger partial charge in [-0.3, -0.25) is 4.68 Å². The number of rotatable bonds is 5. The van der Waals surface area contributed by atoms with Crippen molar-refractivity contribution in [1.82, 2.24) is 9.78 Å². The van der Waals surface area contributed by atoms with Crippen LogP contribution in [0.25, 0.3) is 0 Å². The van der Waals surface area contributed by atoms with Gasteiger partial charge in [-0.15, -0.1) is 0 Å². The summed E-state index contributed by atoms with van der Waals surface area (Å²) in [6.07, 6.45) is 2.07. The zero-order valence-corrected chi connectivity index (χ0v) is 12.1. The van der Waals surface area contributed by atoms with Crippen LogP contribution in [0.3, 0.4) is 0 Å². The van der Waals surface area contributed by atoms with Crippen LogP contribution in [0.4, 0.5) is 5.69 Å². The van der Waals surface area contributed by atoms with Crippen molar-refractivity contribution in [2.45, 2.75) is 26.1 Å². The van der Waals surface area contributed by atoms with Crippen LogP contribution in [0.1, 0.15) is 22.9 Å². The molecule has 1 N–H and O–H groups in total. The van der Waals surface area contributed by atoms with Crippen molar-refractivity contribution >= 4 is 17.4 Å². The lowest BCUT2D eigenvalue weighted by Gasteiger charge is -2.04. The molecule has 0 aliphatic rings. The lowest BCUT2D eigenvalue weighted by molar-refractivity contribution is 0.487. The number of thioether (sulfide) groups is 1. The minimum Gasteiger partial charge on any atom is -0.463 e. The highest BCUT2D eigenvalue weighted by atomic mass is 32.2. The second-order valence-corrected chi connectivity index (χ2v) is 5.19. The fourth-order valence-electron chi connectivity index (χ4n) is 1.94. The molecule has 0 saturated heterocycles. The Labute approximate surface area is 112 Å². The maximum atomic E-state index is 5.72. The van der Waals surface area contributed by atoms with Gasteiger partial charge in [-0.1, -0.05) is 0 Å². The van der Waals surface area contributed by atoms with Gasteiger partial charge < -0.3 is 9.73 Å². The van der Waals surface area contributed by atoms with Gasteiger partial charge in [-0.05, 0) is 32.2 Å². The molecule has 4 nitrogen and oxygen atoms in total. The van der Waals surface area contributed by atoms with Crippen molar-refractivity contribution in [2.75, 3.05) is 11.6 Å². The van der Waals surface area contributed by atoms with E-state index in [2.05, 4.69) is 23.6 Å². The molecular formula is C13H19N3OS. The highest BCUT2D eigenvalue weighted by Gasteiger charge is 2.09. The molecule has 0 saturated carbocycles. The summed E-state index contributed by atoms with van der Waals surface area (Å²) in [7, 11) is 1.96. The van der Waals surface area contributed by atoms with Gasteiger partial charge in [0, 0.05) is 7.05 Å². The average molecular weight is 265 g/mol. The highest BCUT2D eigenvalue weighted by molar-refractivity contribution is 7.97. The first-order valence-corrected chi connectivity index (χ1v) is 7.31. The molecule has 0 atom stereocenters. The monoisotopic (exact) mass is 265 g/mol. The Bertz CT molecular complexity index is 530. The SMILES string of the molecule is CSCc1ccc(CNc2c(C)nn(C)c2C)o1. The Morgan fingerprint density at radius 1 is 1.33 bits per heavy atom. The van der Waals surface area contributed by atoms with Crippen molar-refractivity contribution in [2.24, 2.45) is 7.05 Å². The van der Waals surface area contributed by atoms with Gasteiger partial charge >= 0.3 is 0 Å². The van der Waals surface area contributed by atoms with Crippen molar-refractivity contribution in [3.05, 3.63) is 35.0 Å². The summed E-state index contributed by atoms with van der Waals surface area (Å²) >= 11 is 1.76. The molecule has 0 amide bonds. The number of hydrogen-bond acceptors (Lipinski definition) is 4. The third kappa shape index (κ3) is 2.72. The normalized spacial score (nSPS) is 10.9. The first-order chi connectivity index (χ1) is 8.61. The molecule has 0 radical (unpaired) electrons. The number of aromatic nitrogens is 2. The molecule has 98 valence electrons. The summed E-state index contributed by atoms with van der Waals surface area (Å²) in [4.78, 5) is 0. The summed E-state index contributed by atoms with van der Waals surface area (Å²) in [5.41, 5.74) is 3.26. The Balaban J connectivity index is 2.02. The summed E-state index contributed by atoms with van der Waals surface area (Å²) < 4.78 is 7.61. The van der Waals surface area contributed by atoms with E-state index < -0.39 is 0 Å². The third-order valence-electron chi connectivity index (χ3n) is 2.95. The number of anilines is 1. The van der Waals surface area contributed by atoms with E-state index in [1.165, 1.54) is 0 Å². The molecule has 0 bridgehead atoms. The molecule has 2 heterocycles. The quantitative estimate of drug-likeness (QED) is 0.902. The summed E-state index contributed by atoms with van der Waals surface area (Å²) in [6.45, 7) is 4.77. The molecule has 2 aromatic heterocycles. The van der Waals surface area contributed by atoms with Gasteiger partial charge in [0.05, 0.1) is 29.4 Å². The van der Waals surface area contributed by atoms with E-state index in [9.17, 15) is 0 Å². The third-order valence-corrected chi connectivity index (χ3v) is 3.53. The van der Waals surface area contributed by atoms with Crippen molar-refractivity contribution in [1.29, 1.82) is 0 Å². The van der Waals surface area contributed by atoms with Crippen LogP contribution in [0.5, 0.6) is 0 Å². The van der Waals surface area contributed by atoms with E-state index >= 15 is 0 Å². The van der Waals surface area contributed by atoms with E-state index in [-0.39, 0.29) is 0 Å². The van der Waals surface area contributed by atoms with E-state index in [1.54, 1.807) is 11.8 Å². The largest absolute Gasteiger partial charge is 0.463 e. The van der Waals surface area contributed by atoms with Crippen molar-refractivity contribution < 1.29 is 4.42 Å². The minimum absolute atomic E-state index is 0.696. The summed E-state index contributed by atoms with van der Waals surface area (Å²) in [5, 5.41) is 7.77. The first kappa shape index (κ1) is 13.1. The summed E-state index contributed by atoms with van der Waals surface area (Å²) in [6, 6.07) is 4.07. The minimum atomic E-state index is 0.696. The molecule has 0 aliphatic heterocycles. The van der Waals surface area contributed by atoms with Crippen molar-refractivity contribution in [3.8, 4) is 0 Å². The number of nitrogens with zero attached hydrogens (tertiary/aromatic N) is 2. The molecule has 0 unspecified atom stereocenters. The van der Waals surface area contributed by atoms with E-state index in [0.29, 0.717) is 6.54 Å². The molecule has 2 rings (SSSR count). The highest BCUT2D eigenvalue weighted by Crippen LogP contribution is 2.20. The van der Waals surface area contributed by atoms with E-state index in [4.69, 9.17) is 4.42 Å². The molecule has 0 aromatic carbocycles. The van der Waals surface area contributed by atoms with Gasteiger partial charge in [0.25, 0.3) is 0 Å². The van der Waals surface area contributed by atoms with E-state index in [1.807, 2.05) is 30.8 Å². The Hall–Kier alpha value is -1.36. The molecule has 0 spiro atoms. The predicted molar refractivity (Wildman–Crippen MR) is 75.9 cm³/mol. The zero-order valence-electron chi connectivity index (χ0n) is 11.3. The van der Waals surface area contributed by atoms with Gasteiger partial charge in [-0.2, -0.15) is 16.9 Å². The maximum Gasteiger partial charge on any atom is 0.123 e. The zero-order chi connectivity index (χ0) is 13.1. The first-order valence-electron chi connectivity index (χ1n) is 5.92. The van der Waals surface area contributed by atoms with Gasteiger partial charge in [-0.25, -0.2) is 0 Å². The number of furan rings is 1.